The minimum atomic E-state index is -1.42. The molecule has 1 unspecified atom stereocenters. The summed E-state index contributed by atoms with van der Waals surface area (Å²) < 4.78 is 11.9. The van der Waals surface area contributed by atoms with Crippen molar-refractivity contribution in [1.29, 1.82) is 0 Å². The van der Waals surface area contributed by atoms with Crippen LogP contribution in [-0.4, -0.2) is 35.5 Å². The van der Waals surface area contributed by atoms with Crippen molar-refractivity contribution in [3.8, 4) is 5.75 Å². The first-order chi connectivity index (χ1) is 9.17. The van der Waals surface area contributed by atoms with Gasteiger partial charge in [-0.1, -0.05) is 12.1 Å². The number of ether oxygens (including phenoxy) is 2. The summed E-state index contributed by atoms with van der Waals surface area (Å²) >= 11 is 0. The van der Waals surface area contributed by atoms with E-state index in [2.05, 4.69) is 0 Å². The van der Waals surface area contributed by atoms with Gasteiger partial charge in [-0.25, -0.2) is 0 Å². The molecule has 2 aliphatic rings. The summed E-state index contributed by atoms with van der Waals surface area (Å²) in [5, 5.41) is 18.1. The molecule has 0 aromatic heterocycles. The molecule has 4 nitrogen and oxygen atoms in total. The maximum atomic E-state index is 9.04. The van der Waals surface area contributed by atoms with Gasteiger partial charge in [-0.15, -0.1) is 0 Å². The maximum Gasteiger partial charge on any atom is 0.488 e. The minimum Gasteiger partial charge on any atom is -0.490 e. The molecule has 102 valence electrons. The van der Waals surface area contributed by atoms with Crippen LogP contribution in [0.1, 0.15) is 32.1 Å². The van der Waals surface area contributed by atoms with Crippen molar-refractivity contribution in [3.05, 3.63) is 24.3 Å². The number of hydrogen-bond donors (Lipinski definition) is 2. The van der Waals surface area contributed by atoms with Crippen LogP contribution in [0.4, 0.5) is 0 Å². The zero-order valence-electron chi connectivity index (χ0n) is 10.9. The highest BCUT2D eigenvalue weighted by Gasteiger charge is 2.43. The van der Waals surface area contributed by atoms with Crippen LogP contribution >= 0.6 is 0 Å². The molecule has 1 saturated heterocycles. The monoisotopic (exact) mass is 262 g/mol. The first kappa shape index (κ1) is 13.0. The second-order valence-corrected chi connectivity index (χ2v) is 5.56. The molecule has 1 atom stereocenters. The normalized spacial score (nSPS) is 24.8. The standard InChI is InChI=1S/C14H19BO4/c16-15(17)11-2-4-12(5-3-11)19-13-6-9-18-14(10-13)7-1-8-14/h2-5,13,16-17H,1,6-10H2. The molecule has 1 aliphatic heterocycles. The van der Waals surface area contributed by atoms with Crippen molar-refractivity contribution in [2.45, 2.75) is 43.8 Å². The third-order valence-corrected chi connectivity index (χ3v) is 4.19. The van der Waals surface area contributed by atoms with E-state index in [0.717, 1.165) is 38.0 Å². The van der Waals surface area contributed by atoms with Gasteiger partial charge in [0.1, 0.15) is 11.9 Å². The molecular formula is C14H19BO4. The van der Waals surface area contributed by atoms with Crippen LogP contribution in [0.15, 0.2) is 24.3 Å². The Balaban J connectivity index is 1.61. The van der Waals surface area contributed by atoms with E-state index in [0.29, 0.717) is 5.46 Å². The topological polar surface area (TPSA) is 58.9 Å². The Labute approximate surface area is 113 Å². The van der Waals surface area contributed by atoms with Crippen molar-refractivity contribution in [2.75, 3.05) is 6.61 Å². The summed E-state index contributed by atoms with van der Waals surface area (Å²) in [6.45, 7) is 0.776. The third-order valence-electron chi connectivity index (χ3n) is 4.19. The van der Waals surface area contributed by atoms with E-state index in [4.69, 9.17) is 19.5 Å². The summed E-state index contributed by atoms with van der Waals surface area (Å²) in [4.78, 5) is 0. The van der Waals surface area contributed by atoms with Gasteiger partial charge < -0.3 is 19.5 Å². The number of hydrogen-bond acceptors (Lipinski definition) is 4. The SMILES string of the molecule is OB(O)c1ccc(OC2CCOC3(CCC3)C2)cc1. The van der Waals surface area contributed by atoms with Crippen LogP contribution in [0.25, 0.3) is 0 Å². The summed E-state index contributed by atoms with van der Waals surface area (Å²) in [5.74, 6) is 0.783. The van der Waals surface area contributed by atoms with Crippen molar-refractivity contribution in [2.24, 2.45) is 0 Å². The summed E-state index contributed by atoms with van der Waals surface area (Å²) in [7, 11) is -1.42. The van der Waals surface area contributed by atoms with Crippen molar-refractivity contribution in [1.82, 2.24) is 0 Å². The van der Waals surface area contributed by atoms with Crippen LogP contribution < -0.4 is 10.2 Å². The van der Waals surface area contributed by atoms with Crippen LogP contribution in [0.3, 0.4) is 0 Å². The predicted molar refractivity (Wildman–Crippen MR) is 72.5 cm³/mol. The molecular weight excluding hydrogens is 243 g/mol. The molecule has 3 rings (SSSR count). The molecule has 1 saturated carbocycles. The molecule has 5 heteroatoms. The maximum absolute atomic E-state index is 9.04. The Morgan fingerprint density at radius 2 is 1.95 bits per heavy atom. The summed E-state index contributed by atoms with van der Waals surface area (Å²) in [6, 6.07) is 6.94. The Hall–Kier alpha value is -1.04. The van der Waals surface area contributed by atoms with Crippen molar-refractivity contribution < 1.29 is 19.5 Å². The third kappa shape index (κ3) is 2.78. The van der Waals surface area contributed by atoms with E-state index in [9.17, 15) is 0 Å². The second-order valence-electron chi connectivity index (χ2n) is 5.56. The van der Waals surface area contributed by atoms with Gasteiger partial charge in [-0.05, 0) is 36.9 Å². The molecule has 0 radical (unpaired) electrons. The van der Waals surface area contributed by atoms with Crippen molar-refractivity contribution in [3.63, 3.8) is 0 Å². The Morgan fingerprint density at radius 1 is 1.21 bits per heavy atom. The van der Waals surface area contributed by atoms with Crippen LogP contribution in [-0.2, 0) is 4.74 Å². The highest BCUT2D eigenvalue weighted by molar-refractivity contribution is 6.58. The smallest absolute Gasteiger partial charge is 0.488 e. The fraction of sp³-hybridized carbons (Fsp3) is 0.571. The predicted octanol–water partition coefficient (Wildman–Crippen LogP) is 0.847. The summed E-state index contributed by atoms with van der Waals surface area (Å²) in [6.07, 6.45) is 5.67. The van der Waals surface area contributed by atoms with Gasteiger partial charge >= 0.3 is 7.12 Å². The molecule has 1 spiro atoms. The van der Waals surface area contributed by atoms with Gasteiger partial charge in [0, 0.05) is 12.8 Å². The largest absolute Gasteiger partial charge is 0.490 e. The van der Waals surface area contributed by atoms with E-state index in [1.165, 1.54) is 6.42 Å². The molecule has 1 aromatic rings. The molecule has 0 amide bonds. The zero-order valence-corrected chi connectivity index (χ0v) is 10.9. The zero-order chi connectivity index (χ0) is 13.3. The highest BCUT2D eigenvalue weighted by atomic mass is 16.5. The average molecular weight is 262 g/mol. The van der Waals surface area contributed by atoms with E-state index in [-0.39, 0.29) is 11.7 Å². The van der Waals surface area contributed by atoms with E-state index >= 15 is 0 Å². The molecule has 1 heterocycles. The molecule has 1 aromatic carbocycles. The first-order valence-corrected chi connectivity index (χ1v) is 6.94. The lowest BCUT2D eigenvalue weighted by atomic mass is 9.74. The summed E-state index contributed by atoms with van der Waals surface area (Å²) in [5.41, 5.74) is 0.569. The van der Waals surface area contributed by atoms with Gasteiger partial charge in [-0.3, -0.25) is 0 Å². The number of rotatable bonds is 3. The Bertz CT molecular complexity index is 428. The van der Waals surface area contributed by atoms with E-state index < -0.39 is 7.12 Å². The number of benzene rings is 1. The van der Waals surface area contributed by atoms with Gasteiger partial charge in [0.25, 0.3) is 0 Å². The van der Waals surface area contributed by atoms with Crippen LogP contribution in [0.5, 0.6) is 5.75 Å². The van der Waals surface area contributed by atoms with Gasteiger partial charge in [0.2, 0.25) is 0 Å². The van der Waals surface area contributed by atoms with Crippen molar-refractivity contribution >= 4 is 12.6 Å². The van der Waals surface area contributed by atoms with Gasteiger partial charge in [0.05, 0.1) is 12.2 Å². The lowest BCUT2D eigenvalue weighted by molar-refractivity contribution is -0.153. The minimum absolute atomic E-state index is 0.0875. The van der Waals surface area contributed by atoms with Crippen LogP contribution in [0, 0.1) is 0 Å². The molecule has 19 heavy (non-hydrogen) atoms. The Morgan fingerprint density at radius 3 is 2.53 bits per heavy atom. The average Bonchev–Trinajstić information content (AvgIpc) is 2.38. The van der Waals surface area contributed by atoms with Gasteiger partial charge in [0.15, 0.2) is 0 Å². The highest BCUT2D eigenvalue weighted by Crippen LogP contribution is 2.43. The molecule has 0 bridgehead atoms. The lowest BCUT2D eigenvalue weighted by Gasteiger charge is -2.46. The fourth-order valence-corrected chi connectivity index (χ4v) is 2.91. The van der Waals surface area contributed by atoms with Crippen LogP contribution in [0.2, 0.25) is 0 Å². The molecule has 1 aliphatic carbocycles. The first-order valence-electron chi connectivity index (χ1n) is 6.94. The Kier molecular flexibility index (Phi) is 3.52. The quantitative estimate of drug-likeness (QED) is 0.793. The van der Waals surface area contributed by atoms with E-state index in [1.807, 2.05) is 0 Å². The molecule has 2 fully saturated rings. The second kappa shape index (κ2) is 5.15. The molecule has 2 N–H and O–H groups in total. The lowest BCUT2D eigenvalue weighted by Crippen LogP contribution is -2.48. The van der Waals surface area contributed by atoms with E-state index in [1.54, 1.807) is 24.3 Å². The van der Waals surface area contributed by atoms with Gasteiger partial charge in [-0.2, -0.15) is 0 Å². The fourth-order valence-electron chi connectivity index (χ4n) is 2.91.